The lowest BCUT2D eigenvalue weighted by molar-refractivity contribution is 0.0759. The smallest absolute Gasteiger partial charge is 0.159 e. The van der Waals surface area contributed by atoms with Crippen LogP contribution in [0.15, 0.2) is 18.2 Å². The van der Waals surface area contributed by atoms with E-state index in [0.29, 0.717) is 12.1 Å². The van der Waals surface area contributed by atoms with Crippen LogP contribution < -0.4 is 5.32 Å². The number of benzene rings is 1. The highest BCUT2D eigenvalue weighted by molar-refractivity contribution is 5.20. The molecule has 0 heterocycles. The van der Waals surface area contributed by atoms with E-state index < -0.39 is 17.7 Å². The highest BCUT2D eigenvalue weighted by atomic mass is 19.2. The number of nitrogens with one attached hydrogen (secondary N) is 1. The molecule has 0 aliphatic carbocycles. The maximum atomic E-state index is 13.0. The molecule has 3 nitrogen and oxygen atoms in total. The van der Waals surface area contributed by atoms with Crippen molar-refractivity contribution in [2.24, 2.45) is 0 Å². The van der Waals surface area contributed by atoms with Crippen molar-refractivity contribution in [1.82, 2.24) is 5.32 Å². The second-order valence-corrected chi connectivity index (χ2v) is 5.02. The zero-order chi connectivity index (χ0) is 15.0. The minimum absolute atomic E-state index is 0.248. The first-order valence-corrected chi connectivity index (χ1v) is 6.96. The molecule has 2 N–H and O–H groups in total. The van der Waals surface area contributed by atoms with Crippen LogP contribution in [0.1, 0.15) is 38.4 Å². The maximum Gasteiger partial charge on any atom is 0.159 e. The number of aliphatic hydroxyl groups is 1. The Morgan fingerprint density at radius 2 is 1.95 bits per heavy atom. The van der Waals surface area contributed by atoms with Gasteiger partial charge in [-0.3, -0.25) is 0 Å². The summed E-state index contributed by atoms with van der Waals surface area (Å²) in [6.07, 6.45) is 1.30. The number of unbranched alkanes of at least 4 members (excludes halogenated alkanes) is 1. The van der Waals surface area contributed by atoms with Crippen molar-refractivity contribution >= 4 is 0 Å². The molecule has 0 amide bonds. The minimum Gasteiger partial charge on any atom is -0.387 e. The fourth-order valence-electron chi connectivity index (χ4n) is 1.75. The lowest BCUT2D eigenvalue weighted by Gasteiger charge is -2.13. The van der Waals surface area contributed by atoms with Crippen LogP contribution in [-0.4, -0.2) is 30.9 Å². The Morgan fingerprint density at radius 3 is 2.60 bits per heavy atom. The van der Waals surface area contributed by atoms with Gasteiger partial charge >= 0.3 is 0 Å². The van der Waals surface area contributed by atoms with E-state index >= 15 is 0 Å². The third-order valence-electron chi connectivity index (χ3n) is 2.87. The van der Waals surface area contributed by atoms with Gasteiger partial charge in [-0.25, -0.2) is 8.78 Å². The van der Waals surface area contributed by atoms with Crippen LogP contribution in [0.2, 0.25) is 0 Å². The van der Waals surface area contributed by atoms with Crippen LogP contribution in [-0.2, 0) is 4.74 Å². The molecule has 0 fully saturated rings. The molecule has 0 aliphatic rings. The van der Waals surface area contributed by atoms with Gasteiger partial charge in [-0.2, -0.15) is 0 Å². The predicted molar refractivity (Wildman–Crippen MR) is 74.5 cm³/mol. The molecule has 0 aromatic heterocycles. The highest BCUT2D eigenvalue weighted by Crippen LogP contribution is 2.15. The lowest BCUT2D eigenvalue weighted by Crippen LogP contribution is -2.23. The van der Waals surface area contributed by atoms with Crippen molar-refractivity contribution in [2.75, 3.05) is 19.7 Å². The van der Waals surface area contributed by atoms with E-state index in [2.05, 4.69) is 5.32 Å². The first-order valence-electron chi connectivity index (χ1n) is 6.96. The standard InChI is InChI=1S/C15H23F2NO2/c1-11(2)20-8-4-3-7-18-10-15(19)12-5-6-13(16)14(17)9-12/h5-6,9,11,15,18-19H,3-4,7-8,10H2,1-2H3. The van der Waals surface area contributed by atoms with Gasteiger partial charge in [0.1, 0.15) is 0 Å². The minimum atomic E-state index is -0.938. The molecular weight excluding hydrogens is 264 g/mol. The van der Waals surface area contributed by atoms with Crippen LogP contribution in [0.4, 0.5) is 8.78 Å². The van der Waals surface area contributed by atoms with E-state index in [-0.39, 0.29) is 6.10 Å². The van der Waals surface area contributed by atoms with E-state index in [0.717, 1.165) is 38.1 Å². The first kappa shape index (κ1) is 17.0. The van der Waals surface area contributed by atoms with E-state index in [9.17, 15) is 13.9 Å². The monoisotopic (exact) mass is 287 g/mol. The number of halogens is 2. The van der Waals surface area contributed by atoms with Gasteiger partial charge in [0, 0.05) is 13.2 Å². The normalized spacial score (nSPS) is 12.9. The SMILES string of the molecule is CC(C)OCCCCNCC(O)c1ccc(F)c(F)c1. The number of ether oxygens (including phenoxy) is 1. The summed E-state index contributed by atoms with van der Waals surface area (Å²) < 4.78 is 31.2. The Labute approximate surface area is 119 Å². The zero-order valence-corrected chi connectivity index (χ0v) is 12.0. The van der Waals surface area contributed by atoms with Crippen molar-refractivity contribution in [3.05, 3.63) is 35.4 Å². The van der Waals surface area contributed by atoms with Gasteiger partial charge in [-0.1, -0.05) is 6.07 Å². The summed E-state index contributed by atoms with van der Waals surface area (Å²) in [7, 11) is 0. The summed E-state index contributed by atoms with van der Waals surface area (Å²) in [5, 5.41) is 12.9. The second-order valence-electron chi connectivity index (χ2n) is 5.02. The summed E-state index contributed by atoms with van der Waals surface area (Å²) in [6, 6.07) is 3.44. The van der Waals surface area contributed by atoms with E-state index in [1.165, 1.54) is 6.07 Å². The number of aliphatic hydroxyl groups excluding tert-OH is 1. The summed E-state index contributed by atoms with van der Waals surface area (Å²) in [5.41, 5.74) is 0.375. The Kier molecular flexibility index (Phi) is 7.65. The topological polar surface area (TPSA) is 41.5 Å². The second kappa shape index (κ2) is 9.00. The van der Waals surface area contributed by atoms with Gasteiger partial charge in [0.15, 0.2) is 11.6 Å². The van der Waals surface area contributed by atoms with Crippen LogP contribution in [0.25, 0.3) is 0 Å². The molecule has 0 spiro atoms. The molecule has 1 aromatic rings. The van der Waals surface area contributed by atoms with Crippen molar-refractivity contribution in [1.29, 1.82) is 0 Å². The first-order chi connectivity index (χ1) is 9.50. The molecular formula is C15H23F2NO2. The van der Waals surface area contributed by atoms with E-state index in [4.69, 9.17) is 4.74 Å². The van der Waals surface area contributed by atoms with Crippen molar-refractivity contribution in [3.63, 3.8) is 0 Å². The lowest BCUT2D eigenvalue weighted by atomic mass is 10.1. The molecule has 0 bridgehead atoms. The average Bonchev–Trinajstić information content (AvgIpc) is 2.40. The van der Waals surface area contributed by atoms with Gasteiger partial charge in [-0.05, 0) is 50.9 Å². The highest BCUT2D eigenvalue weighted by Gasteiger charge is 2.10. The van der Waals surface area contributed by atoms with Crippen LogP contribution >= 0.6 is 0 Å². The fraction of sp³-hybridized carbons (Fsp3) is 0.600. The van der Waals surface area contributed by atoms with Gasteiger partial charge in [-0.15, -0.1) is 0 Å². The summed E-state index contributed by atoms with van der Waals surface area (Å²) in [4.78, 5) is 0. The molecule has 1 unspecified atom stereocenters. The van der Waals surface area contributed by atoms with Crippen LogP contribution in [0, 0.1) is 11.6 Å². The summed E-state index contributed by atoms with van der Waals surface area (Å²) in [5.74, 6) is -1.84. The predicted octanol–water partition coefficient (Wildman–Crippen LogP) is 2.79. The third kappa shape index (κ3) is 6.41. The largest absolute Gasteiger partial charge is 0.387 e. The van der Waals surface area contributed by atoms with Gasteiger partial charge in [0.05, 0.1) is 12.2 Å². The van der Waals surface area contributed by atoms with Crippen LogP contribution in [0.5, 0.6) is 0 Å². The number of rotatable bonds is 9. The van der Waals surface area contributed by atoms with Gasteiger partial charge in [0.2, 0.25) is 0 Å². The van der Waals surface area contributed by atoms with Crippen LogP contribution in [0.3, 0.4) is 0 Å². The molecule has 20 heavy (non-hydrogen) atoms. The molecule has 0 saturated heterocycles. The number of hydrogen-bond donors (Lipinski definition) is 2. The quantitative estimate of drug-likeness (QED) is 0.686. The average molecular weight is 287 g/mol. The van der Waals surface area contributed by atoms with E-state index in [1.54, 1.807) is 0 Å². The maximum absolute atomic E-state index is 13.0. The number of hydrogen-bond acceptors (Lipinski definition) is 3. The molecule has 1 rings (SSSR count). The molecule has 114 valence electrons. The molecule has 1 aromatic carbocycles. The molecule has 0 saturated carbocycles. The molecule has 0 radical (unpaired) electrons. The van der Waals surface area contributed by atoms with Crippen molar-refractivity contribution < 1.29 is 18.6 Å². The van der Waals surface area contributed by atoms with E-state index in [1.807, 2.05) is 13.8 Å². The molecule has 0 aliphatic heterocycles. The van der Waals surface area contributed by atoms with Gasteiger partial charge < -0.3 is 15.2 Å². The Morgan fingerprint density at radius 1 is 1.20 bits per heavy atom. The molecule has 5 heteroatoms. The Bertz CT molecular complexity index is 399. The Balaban J connectivity index is 2.16. The van der Waals surface area contributed by atoms with Crippen molar-refractivity contribution in [2.45, 2.75) is 38.9 Å². The van der Waals surface area contributed by atoms with Crippen molar-refractivity contribution in [3.8, 4) is 0 Å². The zero-order valence-electron chi connectivity index (χ0n) is 12.0. The summed E-state index contributed by atoms with van der Waals surface area (Å²) >= 11 is 0. The third-order valence-corrected chi connectivity index (χ3v) is 2.87. The summed E-state index contributed by atoms with van der Waals surface area (Å²) in [6.45, 7) is 5.79. The Hall–Kier alpha value is -1.04. The molecule has 1 atom stereocenters. The van der Waals surface area contributed by atoms with Gasteiger partial charge in [0.25, 0.3) is 0 Å². The fourth-order valence-corrected chi connectivity index (χ4v) is 1.75.